The molecule has 1 aliphatic rings. The molecule has 4 nitrogen and oxygen atoms in total. The molecule has 0 atom stereocenters. The number of hydrogen-bond acceptors (Lipinski definition) is 4. The van der Waals surface area contributed by atoms with Crippen LogP contribution in [0, 0.1) is 0 Å². The molecule has 0 aromatic rings. The molecule has 1 heterocycles. The Hall–Kier alpha value is 0.615. The van der Waals surface area contributed by atoms with E-state index < -0.39 is 23.7 Å². The van der Waals surface area contributed by atoms with E-state index in [0.717, 1.165) is 26.3 Å². The molecule has 0 N–H and O–H groups in total. The first kappa shape index (κ1) is 13.7. The van der Waals surface area contributed by atoms with E-state index >= 15 is 0 Å². The van der Waals surface area contributed by atoms with Crippen LogP contribution >= 0.6 is 0 Å². The summed E-state index contributed by atoms with van der Waals surface area (Å²) in [7, 11) is 2.56. The van der Waals surface area contributed by atoms with Crippen molar-refractivity contribution in [3.63, 3.8) is 0 Å². The first-order valence-corrected chi connectivity index (χ1v) is 11.7. The van der Waals surface area contributed by atoms with Crippen molar-refractivity contribution in [2.75, 3.05) is 40.4 Å². The summed E-state index contributed by atoms with van der Waals surface area (Å²) in [6.07, 6.45) is 0. The number of hydrogen-bond donors (Lipinski definition) is 0. The third kappa shape index (κ3) is 4.55. The molecule has 15 heavy (non-hydrogen) atoms. The van der Waals surface area contributed by atoms with Crippen LogP contribution in [0.1, 0.15) is 0 Å². The minimum absolute atomic E-state index is 0.808. The second-order valence-electron chi connectivity index (χ2n) is 4.35. The Bertz CT molecular complexity index is 189. The third-order valence-corrected chi connectivity index (χ3v) is 9.50. The Labute approximate surface area is 99.5 Å². The third-order valence-electron chi connectivity index (χ3n) is 2.72. The zero-order valence-electron chi connectivity index (χ0n) is 10.5. The van der Waals surface area contributed by atoms with E-state index in [1.54, 1.807) is 0 Å². The van der Waals surface area contributed by atoms with Crippen molar-refractivity contribution in [1.82, 2.24) is 7.63 Å². The molecular weight excluding hydrogens is 271 g/mol. The van der Waals surface area contributed by atoms with Crippen molar-refractivity contribution < 1.29 is 8.85 Å². The summed E-state index contributed by atoms with van der Waals surface area (Å²) >= 11 is -0.995. The SMILES string of the molecule is CN1CCO[Si](C)(C)OCCN(C)[As]1C. The second kappa shape index (κ2) is 5.80. The molecule has 0 radical (unpaired) electrons. The minimum atomic E-state index is -1.85. The van der Waals surface area contributed by atoms with Crippen LogP contribution in [-0.4, -0.2) is 71.7 Å². The van der Waals surface area contributed by atoms with Gasteiger partial charge < -0.3 is 0 Å². The Morgan fingerprint density at radius 3 is 1.80 bits per heavy atom. The van der Waals surface area contributed by atoms with Crippen molar-refractivity contribution >= 4 is 23.7 Å². The summed E-state index contributed by atoms with van der Waals surface area (Å²) in [6.45, 7) is 7.92. The molecule has 90 valence electrons. The number of likely N-dealkylation sites (N-methyl/N-ethyl adjacent to an activating group) is 2. The molecule has 6 heteroatoms. The summed E-state index contributed by atoms with van der Waals surface area (Å²) in [5, 5.41) is 0. The first-order chi connectivity index (χ1) is 6.92. The molecule has 0 unspecified atom stereocenters. The van der Waals surface area contributed by atoms with Gasteiger partial charge in [0, 0.05) is 0 Å². The van der Waals surface area contributed by atoms with Gasteiger partial charge in [0.2, 0.25) is 0 Å². The molecule has 0 aliphatic carbocycles. The maximum atomic E-state index is 5.84. The molecule has 1 fully saturated rings. The standard InChI is InChI=1S/C9H23AsN2O2Si/c1-10-11(2)6-8-13-15(4,5)14-9-7-12(10)3/h6-9H2,1-5H3. The van der Waals surface area contributed by atoms with Gasteiger partial charge in [0.1, 0.15) is 0 Å². The van der Waals surface area contributed by atoms with Crippen LogP contribution in [0.3, 0.4) is 0 Å². The van der Waals surface area contributed by atoms with E-state index in [1.807, 2.05) is 0 Å². The van der Waals surface area contributed by atoms with Crippen molar-refractivity contribution in [3.8, 4) is 0 Å². The fourth-order valence-electron chi connectivity index (χ4n) is 1.44. The molecule has 1 rings (SSSR count). The molecule has 0 spiro atoms. The zero-order valence-corrected chi connectivity index (χ0v) is 13.4. The van der Waals surface area contributed by atoms with Gasteiger partial charge in [-0.1, -0.05) is 0 Å². The van der Waals surface area contributed by atoms with Gasteiger partial charge in [-0.2, -0.15) is 0 Å². The predicted octanol–water partition coefficient (Wildman–Crippen LogP) is 0.717. The van der Waals surface area contributed by atoms with E-state index in [4.69, 9.17) is 8.85 Å². The quantitative estimate of drug-likeness (QED) is 0.615. The summed E-state index contributed by atoms with van der Waals surface area (Å²) in [6, 6.07) is 0. The molecule has 0 aromatic carbocycles. The zero-order chi connectivity index (χ0) is 11.5. The molecule has 1 saturated heterocycles. The monoisotopic (exact) mass is 294 g/mol. The first-order valence-electron chi connectivity index (χ1n) is 5.36. The van der Waals surface area contributed by atoms with Crippen LogP contribution in [-0.2, 0) is 8.85 Å². The van der Waals surface area contributed by atoms with E-state index in [2.05, 4.69) is 40.5 Å². The van der Waals surface area contributed by atoms with Crippen LogP contribution in [0.15, 0.2) is 0 Å². The summed E-state index contributed by atoms with van der Waals surface area (Å²) in [5.74, 6) is 0. The Balaban J connectivity index is 2.55. The fraction of sp³-hybridized carbons (Fsp3) is 1.00. The van der Waals surface area contributed by atoms with Crippen molar-refractivity contribution in [1.29, 1.82) is 0 Å². The predicted molar refractivity (Wildman–Crippen MR) is 66.3 cm³/mol. The van der Waals surface area contributed by atoms with E-state index in [9.17, 15) is 0 Å². The molecule has 0 aromatic heterocycles. The number of rotatable bonds is 0. The van der Waals surface area contributed by atoms with Gasteiger partial charge in [-0.3, -0.25) is 0 Å². The van der Waals surface area contributed by atoms with Gasteiger partial charge in [0.25, 0.3) is 0 Å². The molecule has 0 saturated carbocycles. The molecule has 0 amide bonds. The van der Waals surface area contributed by atoms with Crippen LogP contribution in [0.2, 0.25) is 18.8 Å². The van der Waals surface area contributed by atoms with Crippen molar-refractivity contribution in [2.24, 2.45) is 0 Å². The van der Waals surface area contributed by atoms with Crippen LogP contribution in [0.5, 0.6) is 0 Å². The number of nitrogens with zero attached hydrogens (tertiary/aromatic N) is 2. The van der Waals surface area contributed by atoms with Crippen LogP contribution < -0.4 is 0 Å². The molecule has 0 bridgehead atoms. The molecule has 1 aliphatic heterocycles. The topological polar surface area (TPSA) is 24.9 Å². The van der Waals surface area contributed by atoms with E-state index in [-0.39, 0.29) is 0 Å². The van der Waals surface area contributed by atoms with E-state index in [0.29, 0.717) is 0 Å². The van der Waals surface area contributed by atoms with Gasteiger partial charge >= 0.3 is 99.4 Å². The average Bonchev–Trinajstić information content (AvgIpc) is 2.14. The Kier molecular flexibility index (Phi) is 5.29. The van der Waals surface area contributed by atoms with Gasteiger partial charge in [0.15, 0.2) is 0 Å². The van der Waals surface area contributed by atoms with Gasteiger partial charge in [0.05, 0.1) is 0 Å². The summed E-state index contributed by atoms with van der Waals surface area (Å²) in [5.41, 5.74) is 2.36. The Morgan fingerprint density at radius 2 is 1.40 bits per heavy atom. The van der Waals surface area contributed by atoms with Gasteiger partial charge in [-0.05, 0) is 0 Å². The fourth-order valence-corrected chi connectivity index (χ4v) is 5.34. The second-order valence-corrected chi connectivity index (χ2v) is 12.6. The van der Waals surface area contributed by atoms with Crippen molar-refractivity contribution in [3.05, 3.63) is 0 Å². The van der Waals surface area contributed by atoms with Crippen LogP contribution in [0.4, 0.5) is 0 Å². The van der Waals surface area contributed by atoms with Crippen molar-refractivity contribution in [2.45, 2.75) is 18.8 Å². The summed E-state index contributed by atoms with van der Waals surface area (Å²) < 4.78 is 16.6. The van der Waals surface area contributed by atoms with E-state index in [1.165, 1.54) is 0 Å². The van der Waals surface area contributed by atoms with Crippen LogP contribution in [0.25, 0.3) is 0 Å². The summed E-state index contributed by atoms with van der Waals surface area (Å²) in [4.78, 5) is 0. The van der Waals surface area contributed by atoms with Gasteiger partial charge in [-0.25, -0.2) is 0 Å². The average molecular weight is 294 g/mol. The molecular formula is C9H23AsN2O2Si. The Morgan fingerprint density at radius 1 is 1.00 bits per heavy atom. The normalized spacial score (nSPS) is 27.8. The maximum absolute atomic E-state index is 5.84. The van der Waals surface area contributed by atoms with Gasteiger partial charge in [-0.15, -0.1) is 0 Å².